The second kappa shape index (κ2) is 2.00. The molecule has 0 N–H and O–H groups in total. The van der Waals surface area contributed by atoms with Gasteiger partial charge in [0.25, 0.3) is 5.88 Å². The van der Waals surface area contributed by atoms with Crippen LogP contribution < -0.4 is 4.74 Å². The largest absolute Gasteiger partial charge is 0.399 e. The van der Waals surface area contributed by atoms with Gasteiger partial charge < -0.3 is 13.7 Å². The van der Waals surface area contributed by atoms with Crippen LogP contribution in [0, 0.1) is 6.92 Å². The Morgan fingerprint density at radius 1 is 1.07 bits per heavy atom. The number of imidazole rings is 1. The molecule has 0 fully saturated rings. The Morgan fingerprint density at radius 3 is 2.87 bits per heavy atom. The Morgan fingerprint density at radius 2 is 1.93 bits per heavy atom. The predicted octanol–water partition coefficient (Wildman–Crippen LogP) is 0.835. The molecule has 0 saturated heterocycles. The third-order valence-electron chi connectivity index (χ3n) is 2.05. The minimum Gasteiger partial charge on any atom is -0.399 e. The van der Waals surface area contributed by atoms with Gasteiger partial charge in [-0.25, -0.2) is 0 Å². The van der Waals surface area contributed by atoms with E-state index in [1.165, 1.54) is 4.57 Å². The third-order valence-corrected chi connectivity index (χ3v) is 2.05. The van der Waals surface area contributed by atoms with Crippen LogP contribution in [0.2, 0.25) is 0 Å². The Kier molecular flexibility index (Phi) is 0.930. The van der Waals surface area contributed by atoms with Gasteiger partial charge in [-0.3, -0.25) is 0 Å². The molecule has 74 valence electrons. The standard InChI is InChI=1S/C7H3N5O3/c1-2-8-3-4-12(2)15-7-10-5(13-3)9-6(11-7)14-4/h1H3. The molecule has 1 aliphatic heterocycles. The zero-order chi connectivity index (χ0) is 9.99. The maximum atomic E-state index is 5.35. The van der Waals surface area contributed by atoms with E-state index >= 15 is 0 Å². The van der Waals surface area contributed by atoms with Crippen LogP contribution >= 0.6 is 0 Å². The van der Waals surface area contributed by atoms with Crippen LogP contribution in [0.15, 0.2) is 8.94 Å². The van der Waals surface area contributed by atoms with E-state index in [-0.39, 0.29) is 23.6 Å². The monoisotopic (exact) mass is 205 g/mol. The normalized spacial score (nSPS) is 12.9. The third kappa shape index (κ3) is 0.760. The van der Waals surface area contributed by atoms with Crippen LogP contribution in [0.5, 0.6) is 11.9 Å². The highest BCUT2D eigenvalue weighted by molar-refractivity contribution is 5.51. The lowest BCUT2D eigenvalue weighted by molar-refractivity contribution is 0.354. The maximum absolute atomic E-state index is 5.35. The summed E-state index contributed by atoms with van der Waals surface area (Å²) in [5, 5.41) is 0. The maximum Gasteiger partial charge on any atom is 0.353 e. The molecule has 0 saturated carbocycles. The van der Waals surface area contributed by atoms with Crippen LogP contribution in [-0.2, 0) is 0 Å². The first-order valence-electron chi connectivity index (χ1n) is 4.19. The fourth-order valence-electron chi connectivity index (χ4n) is 1.44. The smallest absolute Gasteiger partial charge is 0.353 e. The summed E-state index contributed by atoms with van der Waals surface area (Å²) in [6.45, 7) is 1.76. The number of fused-ring (bicyclic) bond motifs is 2. The number of nitrogens with zero attached hydrogens (tertiary/aromatic N) is 5. The molecule has 0 spiro atoms. The number of hydrogen-bond donors (Lipinski definition) is 0. The van der Waals surface area contributed by atoms with Crippen molar-refractivity contribution in [3.8, 4) is 11.9 Å². The van der Waals surface area contributed by atoms with Crippen molar-refractivity contribution >= 4 is 17.4 Å². The number of rotatable bonds is 0. The van der Waals surface area contributed by atoms with Gasteiger partial charge in [-0.15, -0.1) is 19.5 Å². The van der Waals surface area contributed by atoms with E-state index in [2.05, 4.69) is 19.9 Å². The highest BCUT2D eigenvalue weighted by Crippen LogP contribution is 2.28. The quantitative estimate of drug-likeness (QED) is 0.419. The van der Waals surface area contributed by atoms with Crippen molar-refractivity contribution in [1.29, 1.82) is 0 Å². The molecule has 0 atom stereocenters. The first kappa shape index (κ1) is 6.98. The van der Waals surface area contributed by atoms with E-state index in [1.54, 1.807) is 6.92 Å². The summed E-state index contributed by atoms with van der Waals surface area (Å²) in [6.07, 6.45) is 0. The average molecular weight is 205 g/mol. The van der Waals surface area contributed by atoms with Crippen molar-refractivity contribution in [2.24, 2.45) is 0 Å². The predicted molar refractivity (Wildman–Crippen MR) is 44.2 cm³/mol. The second-order valence-corrected chi connectivity index (χ2v) is 3.04. The van der Waals surface area contributed by atoms with Crippen LogP contribution in [-0.4, -0.2) is 24.5 Å². The molecule has 0 aromatic carbocycles. The van der Waals surface area contributed by atoms with Crippen molar-refractivity contribution in [3.05, 3.63) is 5.82 Å². The second-order valence-electron chi connectivity index (χ2n) is 3.04. The van der Waals surface area contributed by atoms with Crippen LogP contribution in [0.1, 0.15) is 5.82 Å². The van der Waals surface area contributed by atoms with Crippen molar-refractivity contribution in [2.75, 3.05) is 0 Å². The lowest BCUT2D eigenvalue weighted by Crippen LogP contribution is -1.93. The summed E-state index contributed by atoms with van der Waals surface area (Å²) in [4.78, 5) is 15.8. The van der Waals surface area contributed by atoms with E-state index in [4.69, 9.17) is 13.7 Å². The lowest BCUT2D eigenvalue weighted by Gasteiger charge is -1.95. The fraction of sp³-hybridized carbons (Fsp3) is 0.143. The van der Waals surface area contributed by atoms with Gasteiger partial charge in [-0.1, -0.05) is 0 Å². The molecule has 1 aliphatic rings. The van der Waals surface area contributed by atoms with Crippen LogP contribution in [0.25, 0.3) is 17.4 Å². The summed E-state index contributed by atoms with van der Waals surface area (Å²) in [5.41, 5.74) is 0.329. The first-order valence-corrected chi connectivity index (χ1v) is 4.19. The first-order chi connectivity index (χ1) is 7.29. The number of aryl methyl sites for hydroxylation is 1. The number of ether oxygens (including phenoxy) is 1. The van der Waals surface area contributed by atoms with Crippen LogP contribution in [0.4, 0.5) is 0 Å². The molecule has 0 amide bonds. The molecule has 3 aromatic rings. The molecule has 0 aliphatic carbocycles. The molecule has 8 nitrogen and oxygen atoms in total. The summed E-state index contributed by atoms with van der Waals surface area (Å²) >= 11 is 0. The van der Waals surface area contributed by atoms with E-state index in [1.807, 2.05) is 0 Å². The molecular weight excluding hydrogens is 202 g/mol. The van der Waals surface area contributed by atoms with Crippen molar-refractivity contribution in [1.82, 2.24) is 24.5 Å². The zero-order valence-corrected chi connectivity index (χ0v) is 7.46. The fourth-order valence-corrected chi connectivity index (χ4v) is 1.44. The van der Waals surface area contributed by atoms with Gasteiger partial charge in [0.2, 0.25) is 0 Å². The van der Waals surface area contributed by atoms with E-state index in [0.29, 0.717) is 11.5 Å². The highest BCUT2D eigenvalue weighted by atomic mass is 16.6. The van der Waals surface area contributed by atoms with E-state index in [9.17, 15) is 0 Å². The Balaban J connectivity index is 2.46. The topological polar surface area (TPSA) is 91.5 Å². The summed E-state index contributed by atoms with van der Waals surface area (Å²) < 4.78 is 17.4. The van der Waals surface area contributed by atoms with Crippen molar-refractivity contribution in [3.63, 3.8) is 0 Å². The molecule has 8 heteroatoms. The Labute approximate surface area is 81.1 Å². The molecule has 0 unspecified atom stereocenters. The van der Waals surface area contributed by atoms with Gasteiger partial charge >= 0.3 is 23.4 Å². The van der Waals surface area contributed by atoms with Gasteiger partial charge in [0.15, 0.2) is 5.82 Å². The lowest BCUT2D eigenvalue weighted by atomic mass is 10.7. The van der Waals surface area contributed by atoms with Gasteiger partial charge in [0.05, 0.1) is 0 Å². The highest BCUT2D eigenvalue weighted by Gasteiger charge is 2.21. The van der Waals surface area contributed by atoms with Gasteiger partial charge in [0.1, 0.15) is 0 Å². The van der Waals surface area contributed by atoms with E-state index in [0.717, 1.165) is 0 Å². The van der Waals surface area contributed by atoms with Gasteiger partial charge in [0, 0.05) is 0 Å². The molecule has 0 radical (unpaired) electrons. The molecule has 4 heterocycles. The average Bonchev–Trinajstić information content (AvgIpc) is 2.36. The molecular formula is C7H3N5O3. The molecule has 3 aromatic heterocycles. The molecule has 15 heavy (non-hydrogen) atoms. The number of hydrogen-bond acceptors (Lipinski definition) is 7. The van der Waals surface area contributed by atoms with Crippen molar-refractivity contribution in [2.45, 2.75) is 6.92 Å². The SMILES string of the molecule is Cc1nc2c3oc4nc(nc(n4)on13)O2. The Hall–Kier alpha value is -2.38. The van der Waals surface area contributed by atoms with Gasteiger partial charge in [-0.2, -0.15) is 4.98 Å². The van der Waals surface area contributed by atoms with E-state index < -0.39 is 0 Å². The molecule has 4 rings (SSSR count). The minimum absolute atomic E-state index is 0.123. The molecule has 4 bridgehead atoms. The zero-order valence-electron chi connectivity index (χ0n) is 7.46. The Bertz CT molecular complexity index is 716. The van der Waals surface area contributed by atoms with Gasteiger partial charge in [-0.05, 0) is 6.92 Å². The van der Waals surface area contributed by atoms with Crippen molar-refractivity contribution < 1.29 is 13.7 Å². The minimum atomic E-state index is 0.123. The van der Waals surface area contributed by atoms with Crippen LogP contribution in [0.3, 0.4) is 0 Å². The number of aromatic nitrogens is 5. The summed E-state index contributed by atoms with van der Waals surface area (Å²) in [7, 11) is 0. The summed E-state index contributed by atoms with van der Waals surface area (Å²) in [6, 6.07) is 0.123. The summed E-state index contributed by atoms with van der Waals surface area (Å²) in [5.74, 6) is 1.14.